The number of benzene rings is 1. The maximum Gasteiger partial charge on any atom is 0.410 e. The molecule has 28 heavy (non-hydrogen) atoms. The first-order valence-corrected chi connectivity index (χ1v) is 9.64. The summed E-state index contributed by atoms with van der Waals surface area (Å²) in [5.41, 5.74) is 2.61. The summed E-state index contributed by atoms with van der Waals surface area (Å²) in [4.78, 5) is 28.2. The van der Waals surface area contributed by atoms with Crippen LogP contribution in [-0.4, -0.2) is 39.1 Å². The fourth-order valence-electron chi connectivity index (χ4n) is 3.69. The summed E-state index contributed by atoms with van der Waals surface area (Å²) in [7, 11) is 0. The summed E-state index contributed by atoms with van der Waals surface area (Å²) in [5, 5.41) is 12.0. The van der Waals surface area contributed by atoms with Crippen LogP contribution in [0.3, 0.4) is 0 Å². The smallest absolute Gasteiger partial charge is 0.410 e. The van der Waals surface area contributed by atoms with Crippen molar-refractivity contribution in [1.29, 1.82) is 0 Å². The molecule has 1 aromatic heterocycles. The molecule has 0 bridgehead atoms. The van der Waals surface area contributed by atoms with Gasteiger partial charge in [0, 0.05) is 47.4 Å². The molecule has 1 amide bonds. The van der Waals surface area contributed by atoms with Crippen molar-refractivity contribution in [2.75, 3.05) is 6.54 Å². The molecule has 0 radical (unpaired) electrons. The Labute approximate surface area is 164 Å². The Bertz CT molecular complexity index is 923. The van der Waals surface area contributed by atoms with Crippen LogP contribution in [0.4, 0.5) is 10.5 Å². The summed E-state index contributed by atoms with van der Waals surface area (Å²) >= 11 is 0. The van der Waals surface area contributed by atoms with Gasteiger partial charge in [-0.3, -0.25) is 10.1 Å². The van der Waals surface area contributed by atoms with Gasteiger partial charge in [0.2, 0.25) is 0 Å². The lowest BCUT2D eigenvalue weighted by molar-refractivity contribution is -0.384. The molecule has 1 aliphatic rings. The van der Waals surface area contributed by atoms with Gasteiger partial charge in [0.1, 0.15) is 5.60 Å². The zero-order valence-corrected chi connectivity index (χ0v) is 16.8. The first-order valence-electron chi connectivity index (χ1n) is 9.64. The highest BCUT2D eigenvalue weighted by Gasteiger charge is 2.29. The molecule has 1 heterocycles. The number of hydrogen-bond donors (Lipinski definition) is 1. The number of nitro groups is 1. The molecular formula is C21H27N3O4. The Morgan fingerprint density at radius 3 is 2.71 bits per heavy atom. The number of nitrogens with one attached hydrogen (secondary N) is 1. The Balaban J connectivity index is 1.80. The average Bonchev–Trinajstić information content (AvgIpc) is 3.04. The van der Waals surface area contributed by atoms with E-state index in [4.69, 9.17) is 4.74 Å². The quantitative estimate of drug-likeness (QED) is 0.573. The number of hydrogen-bond acceptors (Lipinski definition) is 4. The number of fused-ring (bicyclic) bond motifs is 1. The number of carbonyl (C=O) groups is 1. The van der Waals surface area contributed by atoms with Crippen molar-refractivity contribution in [2.24, 2.45) is 0 Å². The number of rotatable bonds is 4. The van der Waals surface area contributed by atoms with E-state index in [0.717, 1.165) is 41.3 Å². The minimum Gasteiger partial charge on any atom is -0.444 e. The number of aromatic amines is 1. The monoisotopic (exact) mass is 385 g/mol. The zero-order chi connectivity index (χ0) is 20.5. The van der Waals surface area contributed by atoms with Crippen LogP contribution < -0.4 is 0 Å². The highest BCUT2D eigenvalue weighted by atomic mass is 16.6. The van der Waals surface area contributed by atoms with Crippen LogP contribution in [0.1, 0.15) is 52.5 Å². The van der Waals surface area contributed by atoms with Gasteiger partial charge < -0.3 is 14.6 Å². The average molecular weight is 385 g/mol. The lowest BCUT2D eigenvalue weighted by Gasteiger charge is -2.34. The SMILES string of the molecule is CCN(C(=O)OC(C)(C)C)C1CC=C(c2c[nH]c3ccc([N+](=O)[O-])cc23)CC1. The maximum atomic E-state index is 12.5. The molecule has 0 saturated heterocycles. The zero-order valence-electron chi connectivity index (χ0n) is 16.8. The van der Waals surface area contributed by atoms with Crippen molar-refractivity contribution < 1.29 is 14.5 Å². The normalized spacial score (nSPS) is 17.3. The molecule has 2 aromatic rings. The van der Waals surface area contributed by atoms with E-state index in [1.807, 2.05) is 33.9 Å². The molecule has 0 spiro atoms. The second-order valence-electron chi connectivity index (χ2n) is 8.11. The number of nitro benzene ring substituents is 1. The number of aromatic nitrogens is 1. The van der Waals surface area contributed by atoms with Crippen LogP contribution in [0.15, 0.2) is 30.5 Å². The van der Waals surface area contributed by atoms with Crippen LogP contribution >= 0.6 is 0 Å². The number of carbonyl (C=O) groups excluding carboxylic acids is 1. The van der Waals surface area contributed by atoms with Crippen molar-refractivity contribution in [3.63, 3.8) is 0 Å². The van der Waals surface area contributed by atoms with Crippen molar-refractivity contribution >= 4 is 28.3 Å². The molecule has 1 atom stereocenters. The summed E-state index contributed by atoms with van der Waals surface area (Å²) in [5.74, 6) is 0. The molecule has 7 heteroatoms. The van der Waals surface area contributed by atoms with Crippen LogP contribution in [0.2, 0.25) is 0 Å². The molecule has 7 nitrogen and oxygen atoms in total. The molecule has 150 valence electrons. The number of ether oxygens (including phenoxy) is 1. The van der Waals surface area contributed by atoms with Crippen molar-refractivity contribution in [3.05, 3.63) is 46.1 Å². The summed E-state index contributed by atoms with van der Waals surface area (Å²) in [6.45, 7) is 8.17. The van der Waals surface area contributed by atoms with E-state index < -0.39 is 5.60 Å². The van der Waals surface area contributed by atoms with Gasteiger partial charge in [0.25, 0.3) is 5.69 Å². The third-order valence-electron chi connectivity index (χ3n) is 5.01. The first-order chi connectivity index (χ1) is 13.2. The van der Waals surface area contributed by atoms with Gasteiger partial charge in [-0.1, -0.05) is 6.08 Å². The van der Waals surface area contributed by atoms with E-state index in [0.29, 0.717) is 6.54 Å². The number of H-pyrrole nitrogens is 1. The van der Waals surface area contributed by atoms with Gasteiger partial charge in [-0.2, -0.15) is 0 Å². The van der Waals surface area contributed by atoms with Gasteiger partial charge in [0.05, 0.1) is 4.92 Å². The van der Waals surface area contributed by atoms with E-state index in [-0.39, 0.29) is 22.7 Å². The number of amides is 1. The van der Waals surface area contributed by atoms with E-state index >= 15 is 0 Å². The topological polar surface area (TPSA) is 88.5 Å². The molecule has 0 fully saturated rings. The molecule has 1 N–H and O–H groups in total. The van der Waals surface area contributed by atoms with Crippen LogP contribution in [0.25, 0.3) is 16.5 Å². The highest BCUT2D eigenvalue weighted by Crippen LogP contribution is 2.35. The minimum atomic E-state index is -0.515. The lowest BCUT2D eigenvalue weighted by atomic mass is 9.90. The Morgan fingerprint density at radius 1 is 1.39 bits per heavy atom. The second kappa shape index (κ2) is 7.66. The summed E-state index contributed by atoms with van der Waals surface area (Å²) in [6.07, 6.45) is 6.15. The Hall–Kier alpha value is -2.83. The molecule has 1 unspecified atom stereocenters. The molecular weight excluding hydrogens is 358 g/mol. The van der Waals surface area contributed by atoms with Gasteiger partial charge in [-0.05, 0) is 58.6 Å². The predicted octanol–water partition coefficient (Wildman–Crippen LogP) is 5.27. The van der Waals surface area contributed by atoms with Crippen molar-refractivity contribution in [3.8, 4) is 0 Å². The van der Waals surface area contributed by atoms with Gasteiger partial charge in [-0.15, -0.1) is 0 Å². The molecule has 1 aliphatic carbocycles. The number of nitrogens with zero attached hydrogens (tertiary/aromatic N) is 2. The summed E-state index contributed by atoms with van der Waals surface area (Å²) < 4.78 is 5.53. The molecule has 0 aliphatic heterocycles. The standard InChI is InChI=1S/C21H27N3O4/c1-5-23(20(25)28-21(2,3)4)15-8-6-14(7-9-15)18-13-22-19-11-10-16(24(26)27)12-17(18)19/h6,10-13,15,22H,5,7-9H2,1-4H3. The minimum absolute atomic E-state index is 0.0877. The van der Waals surface area contributed by atoms with E-state index in [2.05, 4.69) is 11.1 Å². The number of non-ortho nitro benzene ring substituents is 1. The fraction of sp³-hybridized carbons (Fsp3) is 0.476. The van der Waals surface area contributed by atoms with Crippen LogP contribution in [-0.2, 0) is 4.74 Å². The number of allylic oxidation sites excluding steroid dienone is 1. The van der Waals surface area contributed by atoms with E-state index in [9.17, 15) is 14.9 Å². The van der Waals surface area contributed by atoms with Gasteiger partial charge >= 0.3 is 6.09 Å². The van der Waals surface area contributed by atoms with Gasteiger partial charge in [0.15, 0.2) is 0 Å². The van der Waals surface area contributed by atoms with Crippen molar-refractivity contribution in [2.45, 2.75) is 58.6 Å². The molecule has 3 rings (SSSR count). The van der Waals surface area contributed by atoms with Crippen LogP contribution in [0, 0.1) is 10.1 Å². The third kappa shape index (κ3) is 4.18. The second-order valence-corrected chi connectivity index (χ2v) is 8.11. The van der Waals surface area contributed by atoms with E-state index in [1.54, 1.807) is 17.0 Å². The highest BCUT2D eigenvalue weighted by molar-refractivity contribution is 5.94. The Kier molecular flexibility index (Phi) is 5.45. The van der Waals surface area contributed by atoms with Crippen molar-refractivity contribution in [1.82, 2.24) is 9.88 Å². The third-order valence-corrected chi connectivity index (χ3v) is 5.01. The van der Waals surface area contributed by atoms with Crippen LogP contribution in [0.5, 0.6) is 0 Å². The van der Waals surface area contributed by atoms with Gasteiger partial charge in [-0.25, -0.2) is 4.79 Å². The summed E-state index contributed by atoms with van der Waals surface area (Å²) in [6, 6.07) is 4.97. The maximum absolute atomic E-state index is 12.5. The fourth-order valence-corrected chi connectivity index (χ4v) is 3.69. The predicted molar refractivity (Wildman–Crippen MR) is 109 cm³/mol. The molecule has 0 saturated carbocycles. The van der Waals surface area contributed by atoms with E-state index in [1.165, 1.54) is 6.07 Å². The molecule has 1 aromatic carbocycles. The lowest BCUT2D eigenvalue weighted by Crippen LogP contribution is -2.43. The first kappa shape index (κ1) is 19.9. The Morgan fingerprint density at radius 2 is 2.14 bits per heavy atom. The largest absolute Gasteiger partial charge is 0.444 e.